The molecule has 0 spiro atoms. The molecule has 0 radical (unpaired) electrons. The third-order valence-electron chi connectivity index (χ3n) is 5.42. The van der Waals surface area contributed by atoms with Crippen LogP contribution in [-0.2, 0) is 24.3 Å². The Bertz CT molecular complexity index is 923. The van der Waals surface area contributed by atoms with Crippen LogP contribution >= 0.6 is 0 Å². The maximum absolute atomic E-state index is 12.9. The van der Waals surface area contributed by atoms with Crippen LogP contribution in [0.4, 0.5) is 5.69 Å². The van der Waals surface area contributed by atoms with Gasteiger partial charge in [0.1, 0.15) is 11.1 Å². The smallest absolute Gasteiger partial charge is 0.331 e. The van der Waals surface area contributed by atoms with Crippen molar-refractivity contribution < 1.29 is 27.7 Å². The lowest BCUT2D eigenvalue weighted by Crippen LogP contribution is -2.78. The van der Waals surface area contributed by atoms with Crippen molar-refractivity contribution in [1.29, 1.82) is 0 Å². The summed E-state index contributed by atoms with van der Waals surface area (Å²) in [6.45, 7) is 1.49. The van der Waals surface area contributed by atoms with Gasteiger partial charge in [-0.05, 0) is 31.9 Å². The molecular weight excluding hydrogens is 390 g/mol. The Labute approximate surface area is 162 Å². The first-order valence-electron chi connectivity index (χ1n) is 8.75. The summed E-state index contributed by atoms with van der Waals surface area (Å²) in [6, 6.07) is 4.38. The molecule has 1 saturated heterocycles. The average Bonchev–Trinajstić information content (AvgIpc) is 3.15. The van der Waals surface area contributed by atoms with Crippen LogP contribution < -0.4 is 4.72 Å². The summed E-state index contributed by atoms with van der Waals surface area (Å²) < 4.78 is 32.5. The highest BCUT2D eigenvalue weighted by molar-refractivity contribution is 7.89. The number of ether oxygens (including phenoxy) is 1. The number of esters is 1. The van der Waals surface area contributed by atoms with Gasteiger partial charge in [-0.1, -0.05) is 12.8 Å². The van der Waals surface area contributed by atoms with E-state index in [1.54, 1.807) is 0 Å². The Morgan fingerprint density at radius 3 is 2.29 bits per heavy atom. The fraction of sp³-hybridized carbons (Fsp3) is 0.529. The number of non-ortho nitro benzene ring substituents is 1. The number of carbonyl (C=O) groups excluding carboxylic acids is 2. The van der Waals surface area contributed by atoms with E-state index in [1.807, 2.05) is 0 Å². The number of carbonyl (C=O) groups is 2. The normalized spacial score (nSPS) is 23.9. The summed E-state index contributed by atoms with van der Waals surface area (Å²) in [5.74, 6) is -0.982. The lowest BCUT2D eigenvalue weighted by molar-refractivity contribution is -0.384. The molecule has 1 amide bonds. The summed E-state index contributed by atoms with van der Waals surface area (Å²) in [5, 5.41) is 10.7. The molecule has 1 heterocycles. The maximum atomic E-state index is 12.9. The van der Waals surface area contributed by atoms with Crippen LogP contribution in [0.15, 0.2) is 29.2 Å². The van der Waals surface area contributed by atoms with Gasteiger partial charge in [0.15, 0.2) is 0 Å². The zero-order chi connectivity index (χ0) is 20.7. The lowest BCUT2D eigenvalue weighted by atomic mass is 9.83. The van der Waals surface area contributed by atoms with Gasteiger partial charge in [0, 0.05) is 18.7 Å². The fourth-order valence-electron chi connectivity index (χ4n) is 3.92. The minimum atomic E-state index is -4.08. The zero-order valence-corrected chi connectivity index (χ0v) is 16.3. The van der Waals surface area contributed by atoms with Crippen LogP contribution in [0.3, 0.4) is 0 Å². The Morgan fingerprint density at radius 1 is 1.25 bits per heavy atom. The van der Waals surface area contributed by atoms with E-state index in [2.05, 4.69) is 4.72 Å². The zero-order valence-electron chi connectivity index (χ0n) is 15.5. The number of sulfonamides is 1. The van der Waals surface area contributed by atoms with Crippen LogP contribution in [-0.4, -0.2) is 54.8 Å². The van der Waals surface area contributed by atoms with Crippen molar-refractivity contribution in [1.82, 2.24) is 9.62 Å². The summed E-state index contributed by atoms with van der Waals surface area (Å²) in [4.78, 5) is 36.4. The van der Waals surface area contributed by atoms with Gasteiger partial charge >= 0.3 is 5.97 Å². The number of β-lactam (4-membered cyclic amide) rings is 1. The number of likely N-dealkylation sites (tertiary alicyclic amines) is 1. The minimum absolute atomic E-state index is 0.0349. The molecule has 1 atom stereocenters. The van der Waals surface area contributed by atoms with Crippen molar-refractivity contribution in [3.8, 4) is 0 Å². The molecule has 2 aliphatic rings. The van der Waals surface area contributed by atoms with Gasteiger partial charge in [0.25, 0.3) is 5.69 Å². The molecule has 11 heteroatoms. The van der Waals surface area contributed by atoms with E-state index < -0.39 is 37.9 Å². The second-order valence-electron chi connectivity index (χ2n) is 7.31. The standard InChI is InChI=1S/C17H21N3O7S/c1-16(18-28(25,26)13-7-5-12(6-8-13)20(23)24)11-19(14(16)21)17(15(22)27-2)9-3-4-10-17/h5-8,18H,3-4,9-11H2,1-2H3/t16-/m1/s1. The van der Waals surface area contributed by atoms with E-state index in [9.17, 15) is 28.1 Å². The molecule has 0 aromatic heterocycles. The quantitative estimate of drug-likeness (QED) is 0.319. The first-order chi connectivity index (χ1) is 13.1. The van der Waals surface area contributed by atoms with Crippen molar-refractivity contribution in [2.75, 3.05) is 13.7 Å². The molecule has 152 valence electrons. The van der Waals surface area contributed by atoms with Crippen LogP contribution in [0.2, 0.25) is 0 Å². The minimum Gasteiger partial charge on any atom is -0.467 e. The van der Waals surface area contributed by atoms with Gasteiger partial charge in [-0.3, -0.25) is 14.9 Å². The topological polar surface area (TPSA) is 136 Å². The highest BCUT2D eigenvalue weighted by Crippen LogP contribution is 2.42. The predicted molar refractivity (Wildman–Crippen MR) is 96.8 cm³/mol. The molecule has 28 heavy (non-hydrogen) atoms. The number of nitrogens with one attached hydrogen (secondary N) is 1. The number of nitro groups is 1. The van der Waals surface area contributed by atoms with E-state index in [0.717, 1.165) is 37.1 Å². The monoisotopic (exact) mass is 411 g/mol. The molecule has 1 saturated carbocycles. The molecule has 1 N–H and O–H groups in total. The number of hydrogen-bond acceptors (Lipinski definition) is 7. The summed E-state index contributed by atoms with van der Waals surface area (Å²) in [5.41, 5.74) is -2.67. The lowest BCUT2D eigenvalue weighted by Gasteiger charge is -2.53. The number of nitro benzene ring substituents is 1. The average molecular weight is 411 g/mol. The molecule has 0 bridgehead atoms. The number of rotatable bonds is 6. The number of methoxy groups -OCH3 is 1. The Balaban J connectivity index is 1.79. The predicted octanol–water partition coefficient (Wildman–Crippen LogP) is 0.960. The molecule has 3 rings (SSSR count). The van der Waals surface area contributed by atoms with Gasteiger partial charge in [-0.2, -0.15) is 4.72 Å². The molecule has 0 unspecified atom stereocenters. The van der Waals surface area contributed by atoms with Crippen molar-refractivity contribution in [2.45, 2.75) is 48.6 Å². The third-order valence-corrected chi connectivity index (χ3v) is 7.03. The first kappa shape index (κ1) is 20.2. The van der Waals surface area contributed by atoms with E-state index in [-0.39, 0.29) is 17.1 Å². The third kappa shape index (κ3) is 3.14. The fourth-order valence-corrected chi connectivity index (χ4v) is 5.28. The molecule has 1 aliphatic heterocycles. The van der Waals surface area contributed by atoms with Crippen molar-refractivity contribution in [2.24, 2.45) is 0 Å². The Morgan fingerprint density at radius 2 is 1.82 bits per heavy atom. The van der Waals surface area contributed by atoms with Crippen LogP contribution in [0.5, 0.6) is 0 Å². The first-order valence-corrected chi connectivity index (χ1v) is 10.2. The summed E-state index contributed by atoms with van der Waals surface area (Å²) in [7, 11) is -2.82. The van der Waals surface area contributed by atoms with E-state index in [4.69, 9.17) is 4.74 Å². The highest BCUT2D eigenvalue weighted by atomic mass is 32.2. The molecule has 1 aromatic carbocycles. The number of amides is 1. The largest absolute Gasteiger partial charge is 0.467 e. The summed E-state index contributed by atoms with van der Waals surface area (Å²) in [6.07, 6.45) is 2.53. The van der Waals surface area contributed by atoms with Gasteiger partial charge < -0.3 is 9.64 Å². The molecule has 10 nitrogen and oxygen atoms in total. The second kappa shape index (κ2) is 6.82. The summed E-state index contributed by atoms with van der Waals surface area (Å²) >= 11 is 0. The number of nitrogens with zero attached hydrogens (tertiary/aromatic N) is 2. The van der Waals surface area contributed by atoms with E-state index >= 15 is 0 Å². The molecule has 1 aliphatic carbocycles. The highest BCUT2D eigenvalue weighted by Gasteiger charge is 2.61. The van der Waals surface area contributed by atoms with Crippen LogP contribution in [0.25, 0.3) is 0 Å². The Hall–Kier alpha value is -2.53. The van der Waals surface area contributed by atoms with Gasteiger partial charge in [0.05, 0.1) is 16.9 Å². The van der Waals surface area contributed by atoms with Crippen molar-refractivity contribution in [3.05, 3.63) is 34.4 Å². The van der Waals surface area contributed by atoms with Gasteiger partial charge in [0.2, 0.25) is 15.9 Å². The maximum Gasteiger partial charge on any atom is 0.331 e. The van der Waals surface area contributed by atoms with Crippen molar-refractivity contribution in [3.63, 3.8) is 0 Å². The molecule has 1 aromatic rings. The second-order valence-corrected chi connectivity index (χ2v) is 8.99. The van der Waals surface area contributed by atoms with E-state index in [0.29, 0.717) is 12.8 Å². The molecule has 2 fully saturated rings. The number of benzene rings is 1. The molecular formula is C17H21N3O7S. The SMILES string of the molecule is COC(=O)C1(N2C[C@@](C)(NS(=O)(=O)c3ccc([N+](=O)[O-])cc3)C2=O)CCCC1. The number of hydrogen-bond donors (Lipinski definition) is 1. The van der Waals surface area contributed by atoms with Gasteiger partial charge in [-0.25, -0.2) is 13.2 Å². The van der Waals surface area contributed by atoms with Crippen molar-refractivity contribution >= 4 is 27.6 Å². The van der Waals surface area contributed by atoms with Crippen LogP contribution in [0, 0.1) is 10.1 Å². The van der Waals surface area contributed by atoms with Crippen LogP contribution in [0.1, 0.15) is 32.6 Å². The Kier molecular flexibility index (Phi) is 4.92. The van der Waals surface area contributed by atoms with E-state index in [1.165, 1.54) is 18.9 Å². The van der Waals surface area contributed by atoms with Gasteiger partial charge in [-0.15, -0.1) is 0 Å².